The first-order chi connectivity index (χ1) is 12.2. The van der Waals surface area contributed by atoms with Crippen molar-refractivity contribution in [1.29, 1.82) is 0 Å². The maximum absolute atomic E-state index is 11.7. The molecule has 0 saturated carbocycles. The number of benzene rings is 1. The molecule has 1 fully saturated rings. The zero-order chi connectivity index (χ0) is 17.2. The molecule has 3 heterocycles. The lowest BCUT2D eigenvalue weighted by Gasteiger charge is -2.21. The van der Waals surface area contributed by atoms with E-state index in [-0.39, 0.29) is 11.9 Å². The Morgan fingerprint density at radius 3 is 2.52 bits per heavy atom. The Hall–Kier alpha value is -2.95. The minimum atomic E-state index is 0.228. The molecule has 1 atom stereocenters. The number of hydrogen-bond acceptors (Lipinski definition) is 3. The van der Waals surface area contributed by atoms with E-state index in [0.717, 1.165) is 35.6 Å². The molecule has 0 aliphatic carbocycles. The number of hydrogen-bond donors (Lipinski definition) is 0. The summed E-state index contributed by atoms with van der Waals surface area (Å²) >= 11 is 0. The molecule has 0 spiro atoms. The number of carbonyl (C=O) groups is 1. The van der Waals surface area contributed by atoms with Gasteiger partial charge in [-0.2, -0.15) is 0 Å². The molecule has 1 aliphatic heterocycles. The average Bonchev–Trinajstić information content (AvgIpc) is 3.25. The van der Waals surface area contributed by atoms with E-state index in [1.807, 2.05) is 42.5 Å². The maximum Gasteiger partial charge on any atom is 0.222 e. The molecule has 0 unspecified atom stereocenters. The van der Waals surface area contributed by atoms with Crippen molar-refractivity contribution in [1.82, 2.24) is 19.4 Å². The van der Waals surface area contributed by atoms with E-state index in [2.05, 4.69) is 38.8 Å². The summed E-state index contributed by atoms with van der Waals surface area (Å²) < 4.78 is 2.13. The topological polar surface area (TPSA) is 51.0 Å². The molecular weight excluding hydrogens is 312 g/mol. The first-order valence-electron chi connectivity index (χ1n) is 8.51. The van der Waals surface area contributed by atoms with Crippen LogP contribution in [0, 0.1) is 0 Å². The van der Waals surface area contributed by atoms with Gasteiger partial charge in [-0.15, -0.1) is 0 Å². The van der Waals surface area contributed by atoms with Crippen molar-refractivity contribution < 1.29 is 4.79 Å². The average molecular weight is 332 g/mol. The number of likely N-dealkylation sites (tertiary alicyclic amines) is 1. The molecule has 25 heavy (non-hydrogen) atoms. The number of aromatic nitrogens is 3. The molecule has 1 aromatic carbocycles. The van der Waals surface area contributed by atoms with Gasteiger partial charge in [-0.3, -0.25) is 9.78 Å². The highest BCUT2D eigenvalue weighted by Crippen LogP contribution is 2.25. The van der Waals surface area contributed by atoms with Gasteiger partial charge < -0.3 is 9.47 Å². The van der Waals surface area contributed by atoms with Crippen molar-refractivity contribution in [2.75, 3.05) is 7.05 Å². The summed E-state index contributed by atoms with van der Waals surface area (Å²) in [5, 5.41) is 0. The molecule has 1 amide bonds. The highest BCUT2D eigenvalue weighted by molar-refractivity contribution is 5.78. The van der Waals surface area contributed by atoms with Crippen LogP contribution in [0.3, 0.4) is 0 Å². The third-order valence-electron chi connectivity index (χ3n) is 4.86. The lowest BCUT2D eigenvalue weighted by Crippen LogP contribution is -2.32. The van der Waals surface area contributed by atoms with E-state index in [4.69, 9.17) is 0 Å². The van der Waals surface area contributed by atoms with Gasteiger partial charge in [0.05, 0.1) is 5.69 Å². The largest absolute Gasteiger partial charge is 0.341 e. The molecule has 5 nitrogen and oxygen atoms in total. The number of imidazole rings is 1. The summed E-state index contributed by atoms with van der Waals surface area (Å²) in [6.07, 6.45) is 7.16. The molecule has 2 aromatic heterocycles. The van der Waals surface area contributed by atoms with Crippen molar-refractivity contribution in [2.24, 2.45) is 0 Å². The van der Waals surface area contributed by atoms with Crippen LogP contribution >= 0.6 is 0 Å². The van der Waals surface area contributed by atoms with Gasteiger partial charge in [-0.05, 0) is 18.6 Å². The monoisotopic (exact) mass is 332 g/mol. The van der Waals surface area contributed by atoms with Gasteiger partial charge in [0.25, 0.3) is 0 Å². The van der Waals surface area contributed by atoms with Crippen LogP contribution in [0.5, 0.6) is 0 Å². The van der Waals surface area contributed by atoms with Crippen LogP contribution in [0.1, 0.15) is 12.8 Å². The molecule has 1 aliphatic rings. The van der Waals surface area contributed by atoms with E-state index < -0.39 is 0 Å². The third-order valence-corrected chi connectivity index (χ3v) is 4.86. The Balaban J connectivity index is 1.57. The Bertz CT molecular complexity index is 870. The number of carbonyl (C=O) groups excluding carboxylic acids is 1. The Kier molecular flexibility index (Phi) is 4.06. The number of pyridine rings is 1. The van der Waals surface area contributed by atoms with E-state index in [9.17, 15) is 4.79 Å². The normalized spacial score (nSPS) is 17.2. The van der Waals surface area contributed by atoms with Crippen molar-refractivity contribution in [2.45, 2.75) is 25.4 Å². The van der Waals surface area contributed by atoms with Gasteiger partial charge >= 0.3 is 0 Å². The van der Waals surface area contributed by atoms with E-state index in [0.29, 0.717) is 6.42 Å². The lowest BCUT2D eigenvalue weighted by molar-refractivity contribution is -0.127. The second-order valence-corrected chi connectivity index (χ2v) is 6.39. The zero-order valence-electron chi connectivity index (χ0n) is 14.2. The summed E-state index contributed by atoms with van der Waals surface area (Å²) in [4.78, 5) is 22.5. The van der Waals surface area contributed by atoms with E-state index >= 15 is 0 Å². The van der Waals surface area contributed by atoms with E-state index in [1.54, 1.807) is 6.20 Å². The first-order valence-corrected chi connectivity index (χ1v) is 8.51. The molecule has 3 aromatic rings. The van der Waals surface area contributed by atoms with Crippen LogP contribution in [0.4, 0.5) is 0 Å². The van der Waals surface area contributed by atoms with Gasteiger partial charge in [0, 0.05) is 55.8 Å². The van der Waals surface area contributed by atoms with Gasteiger partial charge in [0.1, 0.15) is 5.82 Å². The zero-order valence-corrected chi connectivity index (χ0v) is 14.2. The van der Waals surface area contributed by atoms with Gasteiger partial charge in [-0.25, -0.2) is 4.98 Å². The lowest BCUT2D eigenvalue weighted by atomic mass is 10.1. The summed E-state index contributed by atoms with van der Waals surface area (Å²) in [7, 11) is 1.89. The quantitative estimate of drug-likeness (QED) is 0.737. The molecule has 5 heteroatoms. The number of likely N-dealkylation sites (N-methyl/N-ethyl adjacent to an activating group) is 1. The second-order valence-electron chi connectivity index (χ2n) is 6.39. The second kappa shape index (κ2) is 6.51. The van der Waals surface area contributed by atoms with Crippen LogP contribution in [0.15, 0.2) is 61.1 Å². The van der Waals surface area contributed by atoms with Crippen molar-refractivity contribution in [3.63, 3.8) is 0 Å². The minimum Gasteiger partial charge on any atom is -0.341 e. The molecule has 0 radical (unpaired) electrons. The third kappa shape index (κ3) is 3.05. The van der Waals surface area contributed by atoms with Crippen LogP contribution in [0.2, 0.25) is 0 Å². The number of rotatable bonds is 4. The van der Waals surface area contributed by atoms with Gasteiger partial charge in [0.2, 0.25) is 5.91 Å². The number of amides is 1. The Morgan fingerprint density at radius 2 is 1.84 bits per heavy atom. The summed E-state index contributed by atoms with van der Waals surface area (Å²) in [5.74, 6) is 1.16. The van der Waals surface area contributed by atoms with Crippen LogP contribution < -0.4 is 0 Å². The summed E-state index contributed by atoms with van der Waals surface area (Å²) in [6, 6.07) is 14.4. The fourth-order valence-electron chi connectivity index (χ4n) is 3.34. The minimum absolute atomic E-state index is 0.228. The van der Waals surface area contributed by atoms with Crippen molar-refractivity contribution >= 4 is 5.91 Å². The molecule has 126 valence electrons. The van der Waals surface area contributed by atoms with E-state index in [1.165, 1.54) is 0 Å². The molecule has 0 bridgehead atoms. The standard InChI is InChI=1S/C20H20N4O/c1-23-17(9-10-19(23)25)14-24-13-12-22-20(24)16-7-5-15(6-8-16)18-4-2-3-11-21-18/h2-8,11-13,17H,9-10,14H2,1H3/t17-/m1/s1. The predicted molar refractivity (Wildman–Crippen MR) is 96.7 cm³/mol. The van der Waals surface area contributed by atoms with Gasteiger partial charge in [-0.1, -0.05) is 30.3 Å². The molecule has 1 saturated heterocycles. The smallest absolute Gasteiger partial charge is 0.222 e. The van der Waals surface area contributed by atoms with Crippen molar-refractivity contribution in [3.05, 3.63) is 61.1 Å². The maximum atomic E-state index is 11.7. The first kappa shape index (κ1) is 15.6. The SMILES string of the molecule is CN1C(=O)CC[C@@H]1Cn1ccnc1-c1ccc(-c2ccccn2)cc1. The fraction of sp³-hybridized carbons (Fsp3) is 0.250. The van der Waals surface area contributed by atoms with Crippen LogP contribution in [-0.2, 0) is 11.3 Å². The highest BCUT2D eigenvalue weighted by atomic mass is 16.2. The fourth-order valence-corrected chi connectivity index (χ4v) is 3.34. The summed E-state index contributed by atoms with van der Waals surface area (Å²) in [6.45, 7) is 0.777. The highest BCUT2D eigenvalue weighted by Gasteiger charge is 2.28. The van der Waals surface area contributed by atoms with Gasteiger partial charge in [0.15, 0.2) is 0 Å². The van der Waals surface area contributed by atoms with Crippen LogP contribution in [0.25, 0.3) is 22.6 Å². The van der Waals surface area contributed by atoms with Crippen LogP contribution in [-0.4, -0.2) is 38.4 Å². The predicted octanol–water partition coefficient (Wildman–Crippen LogP) is 3.23. The number of nitrogens with zero attached hydrogens (tertiary/aromatic N) is 4. The molecule has 4 rings (SSSR count). The Morgan fingerprint density at radius 1 is 1.04 bits per heavy atom. The molecular formula is C20H20N4O. The molecule has 0 N–H and O–H groups in total. The van der Waals surface area contributed by atoms with Crippen molar-refractivity contribution in [3.8, 4) is 22.6 Å². The Labute approximate surface area is 147 Å². The summed E-state index contributed by atoms with van der Waals surface area (Å²) in [5.41, 5.74) is 3.11.